The quantitative estimate of drug-likeness (QED) is 0.817. The minimum absolute atomic E-state index is 0.127. The van der Waals surface area contributed by atoms with Gasteiger partial charge in [0.05, 0.1) is 18.2 Å². The van der Waals surface area contributed by atoms with Crippen molar-refractivity contribution in [3.05, 3.63) is 39.4 Å². The number of aromatic nitrogens is 1. The molecule has 0 spiro atoms. The van der Waals surface area contributed by atoms with Gasteiger partial charge >= 0.3 is 5.97 Å². The molecule has 1 amide bonds. The van der Waals surface area contributed by atoms with Gasteiger partial charge in [-0.2, -0.15) is 0 Å². The minimum atomic E-state index is -0.940. The van der Waals surface area contributed by atoms with Crippen molar-refractivity contribution < 1.29 is 19.2 Å². The first kappa shape index (κ1) is 16.2. The van der Waals surface area contributed by atoms with E-state index in [1.807, 2.05) is 31.4 Å². The SMILES string of the molecule is Cc1noc(C)c1CCC(=O)N[C@H](CC(=O)O)c1cccs1. The topological polar surface area (TPSA) is 92.4 Å². The number of carbonyl (C=O) groups excluding carboxylic acids is 1. The second-order valence-corrected chi connectivity index (χ2v) is 6.02. The highest BCUT2D eigenvalue weighted by atomic mass is 32.1. The third-order valence-corrected chi connectivity index (χ3v) is 4.37. The number of nitrogens with zero attached hydrogens (tertiary/aromatic N) is 1. The van der Waals surface area contributed by atoms with E-state index >= 15 is 0 Å². The normalized spacial score (nSPS) is 12.1. The predicted molar refractivity (Wildman–Crippen MR) is 81.8 cm³/mol. The molecule has 0 fully saturated rings. The Labute approximate surface area is 132 Å². The minimum Gasteiger partial charge on any atom is -0.481 e. The highest BCUT2D eigenvalue weighted by molar-refractivity contribution is 7.10. The molecule has 0 saturated carbocycles. The molecule has 0 aromatic carbocycles. The number of aliphatic carboxylic acids is 1. The number of carboxylic acids is 1. The Morgan fingerprint density at radius 3 is 2.77 bits per heavy atom. The van der Waals surface area contributed by atoms with Crippen LogP contribution >= 0.6 is 11.3 Å². The highest BCUT2D eigenvalue weighted by Gasteiger charge is 2.19. The molecule has 0 saturated heterocycles. The van der Waals surface area contributed by atoms with E-state index in [4.69, 9.17) is 9.63 Å². The van der Waals surface area contributed by atoms with Crippen molar-refractivity contribution in [1.29, 1.82) is 0 Å². The predicted octanol–water partition coefficient (Wildman–Crippen LogP) is 2.62. The molecule has 0 bridgehead atoms. The summed E-state index contributed by atoms with van der Waals surface area (Å²) in [5.41, 5.74) is 1.71. The lowest BCUT2D eigenvalue weighted by Gasteiger charge is -2.15. The van der Waals surface area contributed by atoms with Crippen LogP contribution in [0, 0.1) is 13.8 Å². The van der Waals surface area contributed by atoms with Gasteiger partial charge in [0.15, 0.2) is 0 Å². The number of rotatable bonds is 7. The van der Waals surface area contributed by atoms with Gasteiger partial charge in [0.2, 0.25) is 5.91 Å². The second-order valence-electron chi connectivity index (χ2n) is 5.04. The molecule has 6 nitrogen and oxygen atoms in total. The Hall–Kier alpha value is -2.15. The molecule has 0 aliphatic rings. The average molecular weight is 322 g/mol. The van der Waals surface area contributed by atoms with Crippen molar-refractivity contribution in [2.24, 2.45) is 0 Å². The van der Waals surface area contributed by atoms with E-state index in [1.165, 1.54) is 11.3 Å². The van der Waals surface area contributed by atoms with Gasteiger partial charge in [-0.05, 0) is 31.7 Å². The van der Waals surface area contributed by atoms with Crippen molar-refractivity contribution in [3.63, 3.8) is 0 Å². The number of thiophene rings is 1. The number of aryl methyl sites for hydroxylation is 2. The van der Waals surface area contributed by atoms with E-state index in [0.717, 1.165) is 16.1 Å². The fourth-order valence-corrected chi connectivity index (χ4v) is 3.03. The molecule has 2 aromatic rings. The van der Waals surface area contributed by atoms with Crippen LogP contribution in [0.5, 0.6) is 0 Å². The molecular formula is C15H18N2O4S. The van der Waals surface area contributed by atoms with E-state index < -0.39 is 12.0 Å². The molecule has 0 radical (unpaired) electrons. The van der Waals surface area contributed by atoms with Crippen molar-refractivity contribution >= 4 is 23.2 Å². The van der Waals surface area contributed by atoms with E-state index in [0.29, 0.717) is 12.2 Å². The molecule has 2 N–H and O–H groups in total. The lowest BCUT2D eigenvalue weighted by molar-refractivity contribution is -0.137. The summed E-state index contributed by atoms with van der Waals surface area (Å²) in [4.78, 5) is 23.9. The van der Waals surface area contributed by atoms with Crippen LogP contribution in [0.25, 0.3) is 0 Å². The zero-order valence-electron chi connectivity index (χ0n) is 12.5. The largest absolute Gasteiger partial charge is 0.481 e. The van der Waals surface area contributed by atoms with Crippen LogP contribution in [0.3, 0.4) is 0 Å². The zero-order valence-corrected chi connectivity index (χ0v) is 13.3. The molecule has 0 aliphatic carbocycles. The van der Waals surface area contributed by atoms with E-state index in [1.54, 1.807) is 0 Å². The number of nitrogens with one attached hydrogen (secondary N) is 1. The summed E-state index contributed by atoms with van der Waals surface area (Å²) in [7, 11) is 0. The third-order valence-electron chi connectivity index (χ3n) is 3.38. The number of hydrogen-bond acceptors (Lipinski definition) is 5. The number of amides is 1. The van der Waals surface area contributed by atoms with Gasteiger partial charge in [-0.1, -0.05) is 11.2 Å². The van der Waals surface area contributed by atoms with E-state index in [2.05, 4.69) is 10.5 Å². The van der Waals surface area contributed by atoms with Crippen LogP contribution < -0.4 is 5.32 Å². The molecule has 0 aliphatic heterocycles. The summed E-state index contributed by atoms with van der Waals surface area (Å²) < 4.78 is 5.06. The fraction of sp³-hybridized carbons (Fsp3) is 0.400. The summed E-state index contributed by atoms with van der Waals surface area (Å²) in [5.74, 6) is -0.408. The Morgan fingerprint density at radius 2 is 2.23 bits per heavy atom. The summed E-state index contributed by atoms with van der Waals surface area (Å²) in [6.07, 6.45) is 0.666. The first-order chi connectivity index (χ1) is 10.5. The third kappa shape index (κ3) is 4.17. The second kappa shape index (κ2) is 7.22. The van der Waals surface area contributed by atoms with Gasteiger partial charge in [0.1, 0.15) is 5.76 Å². The van der Waals surface area contributed by atoms with Gasteiger partial charge < -0.3 is 14.9 Å². The van der Waals surface area contributed by atoms with Crippen molar-refractivity contribution in [2.45, 2.75) is 39.2 Å². The maximum atomic E-state index is 12.1. The molecule has 2 aromatic heterocycles. The Balaban J connectivity index is 1.95. The van der Waals surface area contributed by atoms with Gasteiger partial charge in [-0.15, -0.1) is 11.3 Å². The average Bonchev–Trinajstić information content (AvgIpc) is 3.07. The fourth-order valence-electron chi connectivity index (χ4n) is 2.25. The molecule has 1 atom stereocenters. The Morgan fingerprint density at radius 1 is 1.45 bits per heavy atom. The van der Waals surface area contributed by atoms with Gasteiger partial charge in [-0.3, -0.25) is 9.59 Å². The Bertz CT molecular complexity index is 629. The highest BCUT2D eigenvalue weighted by Crippen LogP contribution is 2.22. The van der Waals surface area contributed by atoms with Gasteiger partial charge in [0.25, 0.3) is 0 Å². The molecule has 118 valence electrons. The molecule has 22 heavy (non-hydrogen) atoms. The lowest BCUT2D eigenvalue weighted by atomic mass is 10.1. The van der Waals surface area contributed by atoms with Crippen molar-refractivity contribution in [2.75, 3.05) is 0 Å². The molecule has 2 heterocycles. The van der Waals surface area contributed by atoms with Crippen LogP contribution in [0.4, 0.5) is 0 Å². The maximum absolute atomic E-state index is 12.1. The van der Waals surface area contributed by atoms with Crippen LogP contribution in [0.1, 0.15) is 40.8 Å². The number of hydrogen-bond donors (Lipinski definition) is 2. The maximum Gasteiger partial charge on any atom is 0.305 e. The zero-order chi connectivity index (χ0) is 16.1. The van der Waals surface area contributed by atoms with Crippen molar-refractivity contribution in [1.82, 2.24) is 10.5 Å². The van der Waals surface area contributed by atoms with Crippen LogP contribution in [0.15, 0.2) is 22.0 Å². The number of carbonyl (C=O) groups is 2. The van der Waals surface area contributed by atoms with E-state index in [9.17, 15) is 9.59 Å². The molecular weight excluding hydrogens is 304 g/mol. The van der Waals surface area contributed by atoms with Gasteiger partial charge in [-0.25, -0.2) is 0 Å². The summed E-state index contributed by atoms with van der Waals surface area (Å²) in [6.45, 7) is 3.65. The molecule has 0 unspecified atom stereocenters. The molecule has 7 heteroatoms. The van der Waals surface area contributed by atoms with Crippen LogP contribution in [0.2, 0.25) is 0 Å². The summed E-state index contributed by atoms with van der Waals surface area (Å²) in [5, 5.41) is 17.5. The van der Waals surface area contributed by atoms with Gasteiger partial charge in [0, 0.05) is 16.9 Å². The van der Waals surface area contributed by atoms with Crippen LogP contribution in [-0.2, 0) is 16.0 Å². The first-order valence-corrected chi connectivity index (χ1v) is 7.81. The monoisotopic (exact) mass is 322 g/mol. The smallest absolute Gasteiger partial charge is 0.305 e. The first-order valence-electron chi connectivity index (χ1n) is 6.93. The number of carboxylic acid groups (broad SMARTS) is 1. The standard InChI is InChI=1S/C15H18N2O4S/c1-9-11(10(2)21-17-9)5-6-14(18)16-12(8-15(19)20)13-4-3-7-22-13/h3-4,7,12H,5-6,8H2,1-2H3,(H,16,18)(H,19,20)/t12-/m1/s1. The Kier molecular flexibility index (Phi) is 5.32. The lowest BCUT2D eigenvalue weighted by Crippen LogP contribution is -2.29. The van der Waals surface area contributed by atoms with Crippen molar-refractivity contribution in [3.8, 4) is 0 Å². The summed E-state index contributed by atoms with van der Waals surface area (Å²) in [6, 6.07) is 3.17. The molecule has 2 rings (SSSR count). The van der Waals surface area contributed by atoms with Crippen LogP contribution in [-0.4, -0.2) is 22.1 Å². The summed E-state index contributed by atoms with van der Waals surface area (Å²) >= 11 is 1.43. The van der Waals surface area contributed by atoms with E-state index in [-0.39, 0.29) is 18.7 Å².